The molecule has 1 saturated heterocycles. The van der Waals surface area contributed by atoms with E-state index in [4.69, 9.17) is 5.11 Å². The molecule has 44 heavy (non-hydrogen) atoms. The van der Waals surface area contributed by atoms with Crippen LogP contribution in [0.5, 0.6) is 0 Å². The molecule has 14 heteroatoms. The average Bonchev–Trinajstić information content (AvgIpc) is 3.20. The number of nitrogens with zero attached hydrogens (tertiary/aromatic N) is 4. The molecule has 11 nitrogen and oxygen atoms in total. The monoisotopic (exact) mass is 612 g/mol. The van der Waals surface area contributed by atoms with E-state index in [0.29, 0.717) is 12.1 Å². The van der Waals surface area contributed by atoms with Crippen molar-refractivity contribution in [2.45, 2.75) is 50.9 Å². The van der Waals surface area contributed by atoms with Gasteiger partial charge in [-0.2, -0.15) is 18.3 Å². The molecule has 2 aromatic rings. The van der Waals surface area contributed by atoms with Crippen molar-refractivity contribution < 1.29 is 37.5 Å². The number of piperidine rings is 1. The highest BCUT2D eigenvalue weighted by atomic mass is 19.4. The van der Waals surface area contributed by atoms with Gasteiger partial charge in [0, 0.05) is 33.0 Å². The van der Waals surface area contributed by atoms with Gasteiger partial charge < -0.3 is 20.6 Å². The number of alkyl halides is 3. The van der Waals surface area contributed by atoms with Crippen molar-refractivity contribution >= 4 is 29.5 Å². The number of hydrogen-bond donors (Lipinski definition) is 3. The predicted octanol–water partition coefficient (Wildman–Crippen LogP) is 2.66. The maximum absolute atomic E-state index is 14.0. The lowest BCUT2D eigenvalue weighted by atomic mass is 9.73. The second kappa shape index (κ2) is 12.4. The first-order chi connectivity index (χ1) is 20.6. The number of hydrazone groups is 1. The number of hydrogen-bond acceptors (Lipinski definition) is 6. The molecule has 1 aromatic carbocycles. The minimum Gasteiger partial charge on any atom is -0.465 e. The summed E-state index contributed by atoms with van der Waals surface area (Å²) in [7, 11) is 1.55. The third-order valence-corrected chi connectivity index (χ3v) is 7.42. The van der Waals surface area contributed by atoms with E-state index >= 15 is 0 Å². The van der Waals surface area contributed by atoms with Crippen LogP contribution in [0.25, 0.3) is 0 Å². The zero-order valence-corrected chi connectivity index (χ0v) is 24.2. The first kappa shape index (κ1) is 32.0. The normalized spacial score (nSPS) is 18.9. The van der Waals surface area contributed by atoms with E-state index in [0.717, 1.165) is 17.7 Å². The Balaban J connectivity index is 1.62. The average molecular weight is 613 g/mol. The van der Waals surface area contributed by atoms with Crippen molar-refractivity contribution in [2.24, 2.45) is 10.5 Å². The van der Waals surface area contributed by atoms with Crippen LogP contribution in [-0.2, 0) is 27.0 Å². The van der Waals surface area contributed by atoms with E-state index in [2.05, 4.69) is 32.6 Å². The van der Waals surface area contributed by atoms with Crippen LogP contribution in [0.2, 0.25) is 0 Å². The molecule has 2 aliphatic heterocycles. The molecule has 2 atom stereocenters. The second-order valence-electron chi connectivity index (χ2n) is 11.1. The number of likely N-dealkylation sites (tertiary alicyclic amines) is 1. The molecule has 2 aliphatic rings. The van der Waals surface area contributed by atoms with Gasteiger partial charge in [0.1, 0.15) is 28.4 Å². The Morgan fingerprint density at radius 2 is 1.82 bits per heavy atom. The molecule has 0 spiro atoms. The second-order valence-corrected chi connectivity index (χ2v) is 11.1. The molecular weight excluding hydrogens is 581 g/mol. The maximum Gasteiger partial charge on any atom is 0.433 e. The lowest BCUT2D eigenvalue weighted by Gasteiger charge is -2.40. The van der Waals surface area contributed by atoms with Crippen molar-refractivity contribution in [3.8, 4) is 11.8 Å². The number of pyridine rings is 1. The molecule has 3 N–H and O–H groups in total. The maximum atomic E-state index is 14.0. The van der Waals surface area contributed by atoms with E-state index < -0.39 is 46.8 Å². The molecule has 232 valence electrons. The first-order valence-corrected chi connectivity index (χ1v) is 13.7. The molecule has 0 radical (unpaired) electrons. The van der Waals surface area contributed by atoms with E-state index in [1.165, 1.54) is 29.8 Å². The van der Waals surface area contributed by atoms with Crippen LogP contribution in [0, 0.1) is 17.3 Å². The van der Waals surface area contributed by atoms with Crippen LogP contribution in [-0.4, -0.2) is 81.2 Å². The molecule has 0 saturated carbocycles. The van der Waals surface area contributed by atoms with Gasteiger partial charge in [-0.15, -0.1) is 0 Å². The highest BCUT2D eigenvalue weighted by Crippen LogP contribution is 2.38. The van der Waals surface area contributed by atoms with Crippen molar-refractivity contribution in [1.29, 1.82) is 0 Å². The Bertz CT molecular complexity index is 1550. The highest BCUT2D eigenvalue weighted by molar-refractivity contribution is 6.13. The number of rotatable bonds is 7. The number of benzene rings is 1. The number of carbonyl (C=O) groups excluding carboxylic acids is 3. The molecule has 4 amide bonds. The van der Waals surface area contributed by atoms with Crippen molar-refractivity contribution in [1.82, 2.24) is 25.5 Å². The summed E-state index contributed by atoms with van der Waals surface area (Å²) in [6, 6.07) is 11.2. The standard InChI is InChI=1S/C30H31F3N6O5/c1-28(2,36-27(43)44)25(41)35-21(13-7-11-20-12-8-14-23(34-20)30(31,32)33)24(40)39-16-15-22-29(18-39,26(42)38(3)37-22)17-19-9-5-4-6-10-19/h4-6,8-10,12,14,21,36H,13,15-18H2,1-3H3,(H,35,41)(H,43,44)/t21?,29-/m1/s1. The fourth-order valence-electron chi connectivity index (χ4n) is 5.20. The quantitative estimate of drug-likeness (QED) is 0.410. The largest absolute Gasteiger partial charge is 0.465 e. The van der Waals surface area contributed by atoms with Gasteiger partial charge >= 0.3 is 12.3 Å². The summed E-state index contributed by atoms with van der Waals surface area (Å²) >= 11 is 0. The molecule has 3 heterocycles. The number of halogens is 3. The SMILES string of the molecule is CN1N=C2CCN(C(=O)C(CC#Cc3cccc(C(F)(F)F)n3)NC(=O)C(C)(C)NC(=O)O)C[C@@]2(Cc2ccccc2)C1=O. The fourth-order valence-corrected chi connectivity index (χ4v) is 5.20. The smallest absolute Gasteiger partial charge is 0.433 e. The van der Waals surface area contributed by atoms with Crippen LogP contribution >= 0.6 is 0 Å². The molecule has 0 aliphatic carbocycles. The number of amides is 4. The summed E-state index contributed by atoms with van der Waals surface area (Å²) in [5.74, 6) is 3.44. The van der Waals surface area contributed by atoms with E-state index in [-0.39, 0.29) is 37.5 Å². The molecule has 1 aromatic heterocycles. The lowest BCUT2D eigenvalue weighted by molar-refractivity contribution is -0.142. The van der Waals surface area contributed by atoms with Gasteiger partial charge in [-0.05, 0) is 43.9 Å². The van der Waals surface area contributed by atoms with Crippen LogP contribution in [0.4, 0.5) is 18.0 Å². The van der Waals surface area contributed by atoms with Crippen molar-refractivity contribution in [3.63, 3.8) is 0 Å². The number of nitrogens with one attached hydrogen (secondary N) is 2. The highest BCUT2D eigenvalue weighted by Gasteiger charge is 2.54. The van der Waals surface area contributed by atoms with Gasteiger partial charge in [-0.1, -0.05) is 42.3 Å². The third-order valence-electron chi connectivity index (χ3n) is 7.42. The van der Waals surface area contributed by atoms with Gasteiger partial charge in [-0.3, -0.25) is 14.4 Å². The number of fused-ring (bicyclic) bond motifs is 1. The van der Waals surface area contributed by atoms with Gasteiger partial charge in [0.15, 0.2) is 0 Å². The summed E-state index contributed by atoms with van der Waals surface area (Å²) in [6.45, 7) is 2.76. The van der Waals surface area contributed by atoms with Crippen molar-refractivity contribution in [2.75, 3.05) is 20.1 Å². The summed E-state index contributed by atoms with van der Waals surface area (Å²) < 4.78 is 39.3. The number of aromatic nitrogens is 1. The van der Waals surface area contributed by atoms with Gasteiger partial charge in [0.2, 0.25) is 11.8 Å². The Labute approximate surface area is 251 Å². The molecule has 4 rings (SSSR count). The van der Waals surface area contributed by atoms with Crippen LogP contribution in [0.15, 0.2) is 53.6 Å². The summed E-state index contributed by atoms with van der Waals surface area (Å²) in [5.41, 5.74) is -2.58. The minimum absolute atomic E-state index is 0.0332. The summed E-state index contributed by atoms with van der Waals surface area (Å²) in [6.07, 6.45) is -5.89. The summed E-state index contributed by atoms with van der Waals surface area (Å²) in [4.78, 5) is 56.7. The predicted molar refractivity (Wildman–Crippen MR) is 152 cm³/mol. The topological polar surface area (TPSA) is 144 Å². The van der Waals surface area contributed by atoms with Gasteiger partial charge in [0.05, 0.1) is 5.71 Å². The fraction of sp³-hybridized carbons (Fsp3) is 0.400. The number of carbonyl (C=O) groups is 4. The Kier molecular flexibility index (Phi) is 8.98. The van der Waals surface area contributed by atoms with Crippen LogP contribution in [0.3, 0.4) is 0 Å². The molecular formula is C30H31F3N6O5. The van der Waals surface area contributed by atoms with Crippen LogP contribution < -0.4 is 10.6 Å². The molecule has 0 bridgehead atoms. The van der Waals surface area contributed by atoms with Crippen molar-refractivity contribution in [3.05, 3.63) is 65.5 Å². The van der Waals surface area contributed by atoms with Gasteiger partial charge in [-0.25, -0.2) is 14.8 Å². The van der Waals surface area contributed by atoms with Crippen LogP contribution in [0.1, 0.15) is 43.6 Å². The van der Waals surface area contributed by atoms with E-state index in [1.54, 1.807) is 7.05 Å². The minimum atomic E-state index is -4.68. The third kappa shape index (κ3) is 6.99. The van der Waals surface area contributed by atoms with E-state index in [9.17, 15) is 32.3 Å². The lowest BCUT2D eigenvalue weighted by Crippen LogP contribution is -2.61. The zero-order valence-electron chi connectivity index (χ0n) is 24.2. The van der Waals surface area contributed by atoms with Gasteiger partial charge in [0.25, 0.3) is 5.91 Å². The first-order valence-electron chi connectivity index (χ1n) is 13.7. The summed E-state index contributed by atoms with van der Waals surface area (Å²) in [5, 5.41) is 19.5. The van der Waals surface area contributed by atoms with E-state index in [1.807, 2.05) is 30.3 Å². The number of carboxylic acid groups (broad SMARTS) is 1. The molecule has 1 unspecified atom stereocenters. The zero-order chi connectivity index (χ0) is 32.3. The molecule has 1 fully saturated rings. The Morgan fingerprint density at radius 1 is 1.11 bits per heavy atom. The Hall–Kier alpha value is -4.93. The Morgan fingerprint density at radius 3 is 2.48 bits per heavy atom.